The van der Waals surface area contributed by atoms with Crippen LogP contribution in [0.15, 0.2) is 18.2 Å². The number of nitrogens with one attached hydrogen (secondary N) is 1. The quantitative estimate of drug-likeness (QED) is 0.873. The Bertz CT molecular complexity index is 522. The summed E-state index contributed by atoms with van der Waals surface area (Å²) in [6.07, 6.45) is 7.53. The van der Waals surface area contributed by atoms with Gasteiger partial charge in [-0.1, -0.05) is 43.7 Å². The van der Waals surface area contributed by atoms with E-state index in [9.17, 15) is 9.59 Å². The van der Waals surface area contributed by atoms with E-state index in [0.717, 1.165) is 25.7 Å². The molecule has 0 aliphatic heterocycles. The van der Waals surface area contributed by atoms with Crippen molar-refractivity contribution in [3.63, 3.8) is 0 Å². The molecule has 0 unspecified atom stereocenters. The van der Waals surface area contributed by atoms with Crippen LogP contribution in [-0.4, -0.2) is 17.0 Å². The Hall–Kier alpha value is -1.55. The lowest BCUT2D eigenvalue weighted by atomic mass is 9.90. The van der Waals surface area contributed by atoms with Crippen LogP contribution in [0.3, 0.4) is 0 Å². The molecule has 1 saturated carbocycles. The number of carboxylic acids is 1. The highest BCUT2D eigenvalue weighted by Crippen LogP contribution is 2.27. The second-order valence-corrected chi connectivity index (χ2v) is 5.94. The van der Waals surface area contributed by atoms with Crippen molar-refractivity contribution in [1.82, 2.24) is 0 Å². The Morgan fingerprint density at radius 3 is 2.33 bits per heavy atom. The summed E-state index contributed by atoms with van der Waals surface area (Å²) in [5.74, 6) is -1.09. The number of carbonyl (C=O) groups excluding carboxylic acids is 1. The van der Waals surface area contributed by atoms with Gasteiger partial charge in [-0.3, -0.25) is 4.79 Å². The topological polar surface area (TPSA) is 66.4 Å². The highest BCUT2D eigenvalue weighted by molar-refractivity contribution is 6.33. The molecule has 1 aromatic rings. The highest BCUT2D eigenvalue weighted by Gasteiger charge is 2.20. The zero-order chi connectivity index (χ0) is 15.2. The first-order valence-corrected chi connectivity index (χ1v) is 7.79. The number of carboxylic acid groups (broad SMARTS) is 1. The lowest BCUT2D eigenvalue weighted by Crippen LogP contribution is -2.24. The first-order valence-electron chi connectivity index (χ1n) is 7.41. The maximum absolute atomic E-state index is 12.3. The van der Waals surface area contributed by atoms with E-state index >= 15 is 0 Å². The van der Waals surface area contributed by atoms with Gasteiger partial charge >= 0.3 is 5.97 Å². The van der Waals surface area contributed by atoms with E-state index < -0.39 is 5.97 Å². The Kier molecular flexibility index (Phi) is 5.62. The maximum Gasteiger partial charge on any atom is 0.335 e. The van der Waals surface area contributed by atoms with Crippen LogP contribution in [0.4, 0.5) is 5.69 Å². The van der Waals surface area contributed by atoms with Crippen molar-refractivity contribution in [3.05, 3.63) is 28.8 Å². The Labute approximate surface area is 129 Å². The van der Waals surface area contributed by atoms with Gasteiger partial charge in [0.15, 0.2) is 0 Å². The molecule has 1 aliphatic rings. The molecule has 114 valence electrons. The van der Waals surface area contributed by atoms with E-state index in [0.29, 0.717) is 10.7 Å². The highest BCUT2D eigenvalue weighted by atomic mass is 35.5. The molecule has 21 heavy (non-hydrogen) atoms. The minimum Gasteiger partial charge on any atom is -0.478 e. The van der Waals surface area contributed by atoms with E-state index in [1.165, 1.54) is 37.5 Å². The van der Waals surface area contributed by atoms with Gasteiger partial charge in [0.05, 0.1) is 16.3 Å². The van der Waals surface area contributed by atoms with E-state index in [4.69, 9.17) is 16.7 Å². The summed E-state index contributed by atoms with van der Waals surface area (Å²) in [6, 6.07) is 4.33. The van der Waals surface area contributed by atoms with Gasteiger partial charge in [-0.05, 0) is 31.0 Å². The largest absolute Gasteiger partial charge is 0.478 e. The first kappa shape index (κ1) is 15.8. The number of hydrogen-bond acceptors (Lipinski definition) is 2. The third-order valence-electron chi connectivity index (χ3n) is 3.95. The molecule has 0 heterocycles. The van der Waals surface area contributed by atoms with Gasteiger partial charge in [0.1, 0.15) is 0 Å². The summed E-state index contributed by atoms with van der Waals surface area (Å²) < 4.78 is 0. The van der Waals surface area contributed by atoms with Crippen molar-refractivity contribution < 1.29 is 14.7 Å². The summed E-state index contributed by atoms with van der Waals surface area (Å²) in [4.78, 5) is 23.3. The molecule has 1 amide bonds. The molecule has 2 N–H and O–H groups in total. The first-order chi connectivity index (χ1) is 10.1. The zero-order valence-corrected chi connectivity index (χ0v) is 12.7. The normalized spacial score (nSPS) is 16.8. The van der Waals surface area contributed by atoms with Crippen molar-refractivity contribution in [3.8, 4) is 0 Å². The molecule has 1 aromatic carbocycles. The minimum absolute atomic E-state index is 0.00477. The predicted molar refractivity (Wildman–Crippen MR) is 82.9 cm³/mol. The fraction of sp³-hybridized carbons (Fsp3) is 0.500. The van der Waals surface area contributed by atoms with E-state index in [1.807, 2.05) is 0 Å². The molecule has 1 aliphatic carbocycles. The van der Waals surface area contributed by atoms with Gasteiger partial charge in [0, 0.05) is 5.92 Å². The number of amides is 1. The molecule has 0 bridgehead atoms. The molecule has 1 fully saturated rings. The van der Waals surface area contributed by atoms with Crippen LogP contribution in [0.25, 0.3) is 0 Å². The Morgan fingerprint density at radius 1 is 1.10 bits per heavy atom. The van der Waals surface area contributed by atoms with Crippen LogP contribution in [0.1, 0.15) is 55.3 Å². The lowest BCUT2D eigenvalue weighted by molar-refractivity contribution is -0.120. The number of aromatic carboxylic acids is 1. The average Bonchev–Trinajstić information content (AvgIpc) is 2.40. The third-order valence-corrected chi connectivity index (χ3v) is 4.28. The number of carbonyl (C=O) groups is 2. The van der Waals surface area contributed by atoms with Crippen LogP contribution in [0.5, 0.6) is 0 Å². The van der Waals surface area contributed by atoms with E-state index in [1.54, 1.807) is 0 Å². The summed E-state index contributed by atoms with van der Waals surface area (Å²) in [5.41, 5.74) is 0.496. The number of hydrogen-bond donors (Lipinski definition) is 2. The molecule has 0 atom stereocenters. The molecule has 0 aromatic heterocycles. The lowest BCUT2D eigenvalue weighted by Gasteiger charge is -2.19. The number of benzene rings is 1. The van der Waals surface area contributed by atoms with E-state index in [-0.39, 0.29) is 17.4 Å². The van der Waals surface area contributed by atoms with Crippen LogP contribution in [0.2, 0.25) is 5.02 Å². The number of rotatable bonds is 3. The third kappa shape index (κ3) is 4.46. The molecule has 0 spiro atoms. The van der Waals surface area contributed by atoms with Crippen molar-refractivity contribution in [2.75, 3.05) is 5.32 Å². The standard InChI is InChI=1S/C16H20ClNO3/c17-13-9-8-12(16(20)21)10-14(13)18-15(19)11-6-4-2-1-3-5-7-11/h8-11H,1-7H2,(H,18,19)(H,20,21). The van der Waals surface area contributed by atoms with Crippen LogP contribution in [-0.2, 0) is 4.79 Å². The molecular weight excluding hydrogens is 290 g/mol. The van der Waals surface area contributed by atoms with Gasteiger partial charge in [-0.25, -0.2) is 4.79 Å². The van der Waals surface area contributed by atoms with Gasteiger partial charge in [-0.15, -0.1) is 0 Å². The fourth-order valence-electron chi connectivity index (χ4n) is 2.71. The minimum atomic E-state index is -1.03. The van der Waals surface area contributed by atoms with Crippen LogP contribution >= 0.6 is 11.6 Å². The summed E-state index contributed by atoms with van der Waals surface area (Å²) in [5, 5.41) is 12.1. The molecule has 2 rings (SSSR count). The van der Waals surface area contributed by atoms with Crippen molar-refractivity contribution in [1.29, 1.82) is 0 Å². The van der Waals surface area contributed by atoms with Crippen molar-refractivity contribution in [2.45, 2.75) is 44.9 Å². The molecule has 0 saturated heterocycles. The van der Waals surface area contributed by atoms with Gasteiger partial charge in [0.25, 0.3) is 0 Å². The van der Waals surface area contributed by atoms with Crippen molar-refractivity contribution in [2.24, 2.45) is 5.92 Å². The summed E-state index contributed by atoms with van der Waals surface area (Å²) in [6.45, 7) is 0. The smallest absolute Gasteiger partial charge is 0.335 e. The second kappa shape index (κ2) is 7.46. The fourth-order valence-corrected chi connectivity index (χ4v) is 2.87. The molecular formula is C16H20ClNO3. The Balaban J connectivity index is 2.07. The number of anilines is 1. The molecule has 5 heteroatoms. The summed E-state index contributed by atoms with van der Waals surface area (Å²) in [7, 11) is 0. The Morgan fingerprint density at radius 2 is 1.71 bits per heavy atom. The SMILES string of the molecule is O=C(O)c1ccc(Cl)c(NC(=O)C2CCCCCCC2)c1. The van der Waals surface area contributed by atoms with Crippen LogP contribution < -0.4 is 5.32 Å². The van der Waals surface area contributed by atoms with Crippen LogP contribution in [0, 0.1) is 5.92 Å². The number of halogens is 1. The predicted octanol–water partition coefficient (Wildman–Crippen LogP) is 4.34. The molecule has 4 nitrogen and oxygen atoms in total. The molecule has 0 radical (unpaired) electrons. The maximum atomic E-state index is 12.3. The van der Waals surface area contributed by atoms with Gasteiger partial charge in [-0.2, -0.15) is 0 Å². The monoisotopic (exact) mass is 309 g/mol. The van der Waals surface area contributed by atoms with Gasteiger partial charge < -0.3 is 10.4 Å². The van der Waals surface area contributed by atoms with Gasteiger partial charge in [0.2, 0.25) is 5.91 Å². The summed E-state index contributed by atoms with van der Waals surface area (Å²) >= 11 is 6.03. The average molecular weight is 310 g/mol. The van der Waals surface area contributed by atoms with Crippen molar-refractivity contribution >= 4 is 29.2 Å². The second-order valence-electron chi connectivity index (χ2n) is 5.53. The van der Waals surface area contributed by atoms with E-state index in [2.05, 4.69) is 5.32 Å². The zero-order valence-electron chi connectivity index (χ0n) is 11.9.